The van der Waals surface area contributed by atoms with Crippen molar-refractivity contribution in [3.05, 3.63) is 60.2 Å². The van der Waals surface area contributed by atoms with Gasteiger partial charge in [0.2, 0.25) is 11.8 Å². The molecule has 0 aromatic heterocycles. The number of rotatable bonds is 8. The van der Waals surface area contributed by atoms with E-state index >= 15 is 0 Å². The first kappa shape index (κ1) is 20.4. The van der Waals surface area contributed by atoms with E-state index in [9.17, 15) is 19.5 Å². The van der Waals surface area contributed by atoms with Gasteiger partial charge in [-0.15, -0.1) is 0 Å². The highest BCUT2D eigenvalue weighted by atomic mass is 16.5. The summed E-state index contributed by atoms with van der Waals surface area (Å²) in [6, 6.07) is 16.0. The third-order valence-corrected chi connectivity index (χ3v) is 4.93. The van der Waals surface area contributed by atoms with Crippen LogP contribution in [0.1, 0.15) is 24.8 Å². The summed E-state index contributed by atoms with van der Waals surface area (Å²) in [7, 11) is 0. The van der Waals surface area contributed by atoms with E-state index in [0.717, 1.165) is 0 Å². The predicted molar refractivity (Wildman–Crippen MR) is 108 cm³/mol. The van der Waals surface area contributed by atoms with Crippen LogP contribution in [0.25, 0.3) is 0 Å². The minimum atomic E-state index is -1.01. The summed E-state index contributed by atoms with van der Waals surface area (Å²) < 4.78 is 5.59. The van der Waals surface area contributed by atoms with Crippen LogP contribution in [0.5, 0.6) is 5.75 Å². The van der Waals surface area contributed by atoms with E-state index in [1.807, 2.05) is 19.1 Å². The molecule has 29 heavy (non-hydrogen) atoms. The van der Waals surface area contributed by atoms with Crippen molar-refractivity contribution in [2.75, 3.05) is 24.6 Å². The molecule has 0 radical (unpaired) electrons. The Morgan fingerprint density at radius 1 is 1.17 bits per heavy atom. The maximum Gasteiger partial charge on any atom is 0.312 e. The Labute approximate surface area is 169 Å². The average Bonchev–Trinajstić information content (AvgIpc) is 3.11. The first-order valence-electron chi connectivity index (χ1n) is 9.59. The molecule has 0 aliphatic carbocycles. The topological polar surface area (TPSA) is 95.9 Å². The highest BCUT2D eigenvalue weighted by Crippen LogP contribution is 2.33. The van der Waals surface area contributed by atoms with Gasteiger partial charge in [0.05, 0.1) is 24.1 Å². The molecule has 1 saturated heterocycles. The van der Waals surface area contributed by atoms with Crippen molar-refractivity contribution in [1.29, 1.82) is 0 Å². The summed E-state index contributed by atoms with van der Waals surface area (Å²) in [5.41, 5.74) is 1.26. The van der Waals surface area contributed by atoms with E-state index < -0.39 is 17.8 Å². The third kappa shape index (κ3) is 4.74. The van der Waals surface area contributed by atoms with Crippen LogP contribution in [0.3, 0.4) is 0 Å². The molecule has 2 aromatic carbocycles. The van der Waals surface area contributed by atoms with Crippen LogP contribution in [-0.2, 0) is 14.4 Å². The maximum absolute atomic E-state index is 12.6. The molecule has 7 heteroatoms. The number of hydrogen-bond acceptors (Lipinski definition) is 4. The van der Waals surface area contributed by atoms with Gasteiger partial charge in [0.1, 0.15) is 5.75 Å². The van der Waals surface area contributed by atoms with E-state index in [1.165, 1.54) is 0 Å². The van der Waals surface area contributed by atoms with Crippen LogP contribution in [-0.4, -0.2) is 42.6 Å². The first-order chi connectivity index (χ1) is 14.0. The molecule has 2 atom stereocenters. The Kier molecular flexibility index (Phi) is 6.49. The van der Waals surface area contributed by atoms with Gasteiger partial charge in [-0.05, 0) is 24.6 Å². The molecule has 2 unspecified atom stereocenters. The lowest BCUT2D eigenvalue weighted by molar-refractivity contribution is -0.138. The quantitative estimate of drug-likeness (QED) is 0.714. The third-order valence-electron chi connectivity index (χ3n) is 4.93. The summed E-state index contributed by atoms with van der Waals surface area (Å²) in [5, 5.41) is 12.2. The Morgan fingerprint density at radius 2 is 1.86 bits per heavy atom. The van der Waals surface area contributed by atoms with Crippen LogP contribution in [0, 0.1) is 5.92 Å². The SMILES string of the molecule is CCOc1ccccc1N1CC(C(=O)NCC(C(=O)O)c2ccccc2)CC1=O. The van der Waals surface area contributed by atoms with E-state index in [-0.39, 0.29) is 31.3 Å². The van der Waals surface area contributed by atoms with E-state index in [4.69, 9.17) is 4.74 Å². The highest BCUT2D eigenvalue weighted by molar-refractivity contribution is 6.01. The monoisotopic (exact) mass is 396 g/mol. The number of aliphatic carboxylic acids is 1. The Bertz CT molecular complexity index is 884. The van der Waals surface area contributed by atoms with Gasteiger partial charge >= 0.3 is 5.97 Å². The van der Waals surface area contributed by atoms with Gasteiger partial charge in [-0.2, -0.15) is 0 Å². The molecule has 7 nitrogen and oxygen atoms in total. The molecule has 0 spiro atoms. The normalized spacial score (nSPS) is 17.1. The lowest BCUT2D eigenvalue weighted by Crippen LogP contribution is -2.37. The summed E-state index contributed by atoms with van der Waals surface area (Å²) in [6.45, 7) is 2.54. The maximum atomic E-state index is 12.6. The number of carbonyl (C=O) groups is 3. The van der Waals surface area contributed by atoms with Crippen molar-refractivity contribution in [2.24, 2.45) is 5.92 Å². The summed E-state index contributed by atoms with van der Waals surface area (Å²) in [4.78, 5) is 38.3. The van der Waals surface area contributed by atoms with Crippen molar-refractivity contribution in [3.63, 3.8) is 0 Å². The first-order valence-corrected chi connectivity index (χ1v) is 9.59. The number of amides is 2. The van der Waals surface area contributed by atoms with Gasteiger partial charge in [0.25, 0.3) is 0 Å². The van der Waals surface area contributed by atoms with Crippen LogP contribution < -0.4 is 15.0 Å². The van der Waals surface area contributed by atoms with Crippen LogP contribution >= 0.6 is 0 Å². The molecule has 3 rings (SSSR count). The van der Waals surface area contributed by atoms with Crippen molar-refractivity contribution in [3.8, 4) is 5.75 Å². The van der Waals surface area contributed by atoms with Gasteiger partial charge in [0.15, 0.2) is 0 Å². The second kappa shape index (κ2) is 9.23. The van der Waals surface area contributed by atoms with Gasteiger partial charge < -0.3 is 20.1 Å². The fourth-order valence-electron chi connectivity index (χ4n) is 3.45. The number of hydrogen-bond donors (Lipinski definition) is 2. The fraction of sp³-hybridized carbons (Fsp3) is 0.318. The predicted octanol–water partition coefficient (Wildman–Crippen LogP) is 2.42. The molecule has 152 valence electrons. The number of anilines is 1. The Balaban J connectivity index is 1.65. The molecule has 0 bridgehead atoms. The van der Waals surface area contributed by atoms with Crippen molar-refractivity contribution in [2.45, 2.75) is 19.3 Å². The minimum absolute atomic E-state index is 0.0294. The van der Waals surface area contributed by atoms with Gasteiger partial charge in [-0.25, -0.2) is 0 Å². The summed E-state index contributed by atoms with van der Waals surface area (Å²) in [6.07, 6.45) is 0.0787. The molecular formula is C22H24N2O5. The van der Waals surface area contributed by atoms with Crippen LogP contribution in [0.4, 0.5) is 5.69 Å². The number of carboxylic acids is 1. The van der Waals surface area contributed by atoms with E-state index in [1.54, 1.807) is 47.4 Å². The zero-order valence-electron chi connectivity index (χ0n) is 16.2. The van der Waals surface area contributed by atoms with Crippen molar-refractivity contribution in [1.82, 2.24) is 5.32 Å². The number of carboxylic acid groups (broad SMARTS) is 1. The molecule has 1 heterocycles. The zero-order chi connectivity index (χ0) is 20.8. The number of nitrogens with zero attached hydrogens (tertiary/aromatic N) is 1. The molecule has 1 aliphatic heterocycles. The molecule has 0 saturated carbocycles. The number of carbonyl (C=O) groups excluding carboxylic acids is 2. The minimum Gasteiger partial charge on any atom is -0.492 e. The molecule has 2 aromatic rings. The second-order valence-electron chi connectivity index (χ2n) is 6.85. The second-order valence-corrected chi connectivity index (χ2v) is 6.85. The molecule has 1 fully saturated rings. The average molecular weight is 396 g/mol. The van der Waals surface area contributed by atoms with Crippen LogP contribution in [0.2, 0.25) is 0 Å². The number of ether oxygens (including phenoxy) is 1. The smallest absolute Gasteiger partial charge is 0.312 e. The van der Waals surface area contributed by atoms with Crippen LogP contribution in [0.15, 0.2) is 54.6 Å². The van der Waals surface area contributed by atoms with Crippen molar-refractivity contribution >= 4 is 23.5 Å². The Hall–Kier alpha value is -3.35. The van der Waals surface area contributed by atoms with Gasteiger partial charge in [0, 0.05) is 19.5 Å². The molecule has 1 aliphatic rings. The lowest BCUT2D eigenvalue weighted by Gasteiger charge is -2.20. The molecular weight excluding hydrogens is 372 g/mol. The highest BCUT2D eigenvalue weighted by Gasteiger charge is 2.36. The van der Waals surface area contributed by atoms with Crippen molar-refractivity contribution < 1.29 is 24.2 Å². The molecule has 2 N–H and O–H groups in total. The Morgan fingerprint density at radius 3 is 2.55 bits per heavy atom. The van der Waals surface area contributed by atoms with E-state index in [0.29, 0.717) is 23.6 Å². The van der Waals surface area contributed by atoms with E-state index in [2.05, 4.69) is 5.32 Å². The fourth-order valence-corrected chi connectivity index (χ4v) is 3.45. The summed E-state index contributed by atoms with van der Waals surface area (Å²) in [5.74, 6) is -2.27. The largest absolute Gasteiger partial charge is 0.492 e. The number of para-hydroxylation sites is 2. The summed E-state index contributed by atoms with van der Waals surface area (Å²) >= 11 is 0. The molecule has 2 amide bonds. The van der Waals surface area contributed by atoms with Gasteiger partial charge in [-0.1, -0.05) is 42.5 Å². The number of benzene rings is 2. The lowest BCUT2D eigenvalue weighted by atomic mass is 9.99. The number of nitrogens with one attached hydrogen (secondary N) is 1. The zero-order valence-corrected chi connectivity index (χ0v) is 16.2. The van der Waals surface area contributed by atoms with Gasteiger partial charge in [-0.3, -0.25) is 14.4 Å². The standard InChI is InChI=1S/C22H24N2O5/c1-2-29-19-11-7-6-10-18(19)24-14-16(12-20(24)25)21(26)23-13-17(22(27)28)15-8-4-3-5-9-15/h3-11,16-17H,2,12-14H2,1H3,(H,23,26)(H,27,28).